The van der Waals surface area contributed by atoms with Crippen molar-refractivity contribution in [2.45, 2.75) is 63.7 Å². The Morgan fingerprint density at radius 2 is 1.70 bits per heavy atom. The van der Waals surface area contributed by atoms with Crippen molar-refractivity contribution in [1.29, 1.82) is 0 Å². The standard InChI is InChI=1S/C20H35N7O6/c1-11(2)16(20(32)33)27-19(31)15(7-12-8-23-10-24-12)26-18(30)14(5-3-4-6-21)25-17(29)13(22)9-28/h8,10-11,13-16,28H,3-7,9,21-22H2,1-2H3,(H,23,24)(H,25,29)(H,26,30)(H,27,31)(H,32,33). The molecule has 13 heteroatoms. The number of unbranched alkanes of at least 4 members (excludes halogenated alkanes) is 1. The second kappa shape index (κ2) is 14.2. The molecule has 1 heterocycles. The number of aliphatic hydroxyl groups is 1. The molecule has 1 rings (SSSR count). The van der Waals surface area contributed by atoms with Gasteiger partial charge in [-0.1, -0.05) is 13.8 Å². The molecule has 0 aliphatic heterocycles. The molecule has 10 N–H and O–H groups in total. The van der Waals surface area contributed by atoms with Crippen molar-refractivity contribution in [3.63, 3.8) is 0 Å². The summed E-state index contributed by atoms with van der Waals surface area (Å²) in [5, 5.41) is 26.0. The highest BCUT2D eigenvalue weighted by Gasteiger charge is 2.31. The summed E-state index contributed by atoms with van der Waals surface area (Å²) in [4.78, 5) is 56.3. The van der Waals surface area contributed by atoms with Gasteiger partial charge in [0.2, 0.25) is 17.7 Å². The fourth-order valence-corrected chi connectivity index (χ4v) is 2.99. The second-order valence-electron chi connectivity index (χ2n) is 8.05. The number of H-pyrrole nitrogens is 1. The smallest absolute Gasteiger partial charge is 0.326 e. The predicted octanol–water partition coefficient (Wildman–Crippen LogP) is -2.40. The van der Waals surface area contributed by atoms with Crippen LogP contribution in [0.5, 0.6) is 0 Å². The fraction of sp³-hybridized carbons (Fsp3) is 0.650. The summed E-state index contributed by atoms with van der Waals surface area (Å²) in [6.45, 7) is 3.10. The number of carboxylic acids is 1. The number of aliphatic carboxylic acids is 1. The molecule has 13 nitrogen and oxygen atoms in total. The Balaban J connectivity index is 3.04. The number of hydrogen-bond donors (Lipinski definition) is 8. The number of aromatic nitrogens is 2. The summed E-state index contributed by atoms with van der Waals surface area (Å²) in [6, 6.07) is -4.53. The molecule has 0 saturated carbocycles. The van der Waals surface area contributed by atoms with E-state index in [2.05, 4.69) is 25.9 Å². The van der Waals surface area contributed by atoms with Gasteiger partial charge in [0.05, 0.1) is 12.9 Å². The normalized spacial score (nSPS) is 14.7. The number of rotatable bonds is 15. The number of nitrogens with one attached hydrogen (secondary N) is 4. The van der Waals surface area contributed by atoms with Crippen molar-refractivity contribution in [3.05, 3.63) is 18.2 Å². The maximum absolute atomic E-state index is 13.0. The number of carboxylic acid groups (broad SMARTS) is 1. The van der Waals surface area contributed by atoms with E-state index in [9.17, 15) is 24.3 Å². The number of aliphatic hydroxyl groups excluding tert-OH is 1. The Kier molecular flexibility index (Phi) is 12.0. The monoisotopic (exact) mass is 469 g/mol. The van der Waals surface area contributed by atoms with Crippen LogP contribution in [0.2, 0.25) is 0 Å². The molecule has 0 aliphatic rings. The lowest BCUT2D eigenvalue weighted by molar-refractivity contribution is -0.143. The largest absolute Gasteiger partial charge is 0.480 e. The van der Waals surface area contributed by atoms with Gasteiger partial charge in [0, 0.05) is 18.3 Å². The Bertz CT molecular complexity index is 771. The third-order valence-electron chi connectivity index (χ3n) is 4.96. The molecule has 186 valence electrons. The highest BCUT2D eigenvalue weighted by atomic mass is 16.4. The second-order valence-corrected chi connectivity index (χ2v) is 8.05. The Hall–Kier alpha value is -3.03. The maximum atomic E-state index is 13.0. The van der Waals surface area contributed by atoms with Crippen LogP contribution in [0.4, 0.5) is 0 Å². The van der Waals surface area contributed by atoms with Crippen LogP contribution in [0.15, 0.2) is 12.5 Å². The summed E-state index contributed by atoms with van der Waals surface area (Å²) in [7, 11) is 0. The topological polar surface area (TPSA) is 226 Å². The molecule has 33 heavy (non-hydrogen) atoms. The first-order valence-electron chi connectivity index (χ1n) is 10.8. The highest BCUT2D eigenvalue weighted by Crippen LogP contribution is 2.07. The molecule has 4 unspecified atom stereocenters. The van der Waals surface area contributed by atoms with E-state index in [0.29, 0.717) is 25.1 Å². The van der Waals surface area contributed by atoms with Gasteiger partial charge in [-0.2, -0.15) is 0 Å². The minimum absolute atomic E-state index is 0.0155. The van der Waals surface area contributed by atoms with Gasteiger partial charge in [-0.15, -0.1) is 0 Å². The van der Waals surface area contributed by atoms with Crippen molar-refractivity contribution in [1.82, 2.24) is 25.9 Å². The van der Waals surface area contributed by atoms with Crippen molar-refractivity contribution in [3.8, 4) is 0 Å². The van der Waals surface area contributed by atoms with Gasteiger partial charge in [-0.25, -0.2) is 9.78 Å². The number of nitrogens with two attached hydrogens (primary N) is 2. The molecule has 1 aromatic heterocycles. The Labute approximate surface area is 192 Å². The van der Waals surface area contributed by atoms with Crippen LogP contribution in [0.1, 0.15) is 38.8 Å². The first-order valence-corrected chi connectivity index (χ1v) is 10.8. The number of nitrogens with zero attached hydrogens (tertiary/aromatic N) is 1. The van der Waals surface area contributed by atoms with E-state index in [4.69, 9.17) is 16.6 Å². The lowest BCUT2D eigenvalue weighted by Crippen LogP contribution is -2.58. The van der Waals surface area contributed by atoms with E-state index in [-0.39, 0.29) is 12.8 Å². The molecule has 0 fully saturated rings. The average Bonchev–Trinajstić information content (AvgIpc) is 3.28. The Morgan fingerprint density at radius 3 is 2.21 bits per heavy atom. The fourth-order valence-electron chi connectivity index (χ4n) is 2.99. The first kappa shape index (κ1) is 28.0. The minimum Gasteiger partial charge on any atom is -0.480 e. The maximum Gasteiger partial charge on any atom is 0.326 e. The molecule has 0 aromatic carbocycles. The number of carbonyl (C=O) groups excluding carboxylic acids is 3. The van der Waals surface area contributed by atoms with Crippen molar-refractivity contribution in [2.24, 2.45) is 17.4 Å². The highest BCUT2D eigenvalue weighted by molar-refractivity contribution is 5.94. The zero-order chi connectivity index (χ0) is 25.0. The lowest BCUT2D eigenvalue weighted by Gasteiger charge is -2.25. The van der Waals surface area contributed by atoms with Gasteiger partial charge in [0.25, 0.3) is 0 Å². The van der Waals surface area contributed by atoms with E-state index < -0.39 is 60.4 Å². The molecular formula is C20H35N7O6. The summed E-state index contributed by atoms with van der Waals surface area (Å²) >= 11 is 0. The molecule has 3 amide bonds. The number of aromatic amines is 1. The number of amides is 3. The Morgan fingerprint density at radius 1 is 1.06 bits per heavy atom. The van der Waals surface area contributed by atoms with Crippen molar-refractivity contribution in [2.75, 3.05) is 13.2 Å². The summed E-state index contributed by atoms with van der Waals surface area (Å²) in [5.74, 6) is -3.65. The van der Waals surface area contributed by atoms with Gasteiger partial charge in [0.15, 0.2) is 0 Å². The zero-order valence-corrected chi connectivity index (χ0v) is 18.9. The van der Waals surface area contributed by atoms with Gasteiger partial charge < -0.3 is 42.6 Å². The zero-order valence-electron chi connectivity index (χ0n) is 18.9. The quantitative estimate of drug-likeness (QED) is 0.128. The van der Waals surface area contributed by atoms with Crippen molar-refractivity contribution >= 4 is 23.7 Å². The third kappa shape index (κ3) is 9.55. The van der Waals surface area contributed by atoms with Crippen LogP contribution < -0.4 is 27.4 Å². The summed E-state index contributed by atoms with van der Waals surface area (Å²) in [6.07, 6.45) is 4.26. The van der Waals surface area contributed by atoms with Crippen LogP contribution in [-0.4, -0.2) is 81.2 Å². The van der Waals surface area contributed by atoms with Crippen LogP contribution >= 0.6 is 0 Å². The van der Waals surface area contributed by atoms with Crippen molar-refractivity contribution < 1.29 is 29.4 Å². The molecular weight excluding hydrogens is 434 g/mol. The van der Waals surface area contributed by atoms with Gasteiger partial charge in [0.1, 0.15) is 24.2 Å². The van der Waals surface area contributed by atoms with Gasteiger partial charge >= 0.3 is 5.97 Å². The molecule has 0 bridgehead atoms. The SMILES string of the molecule is CC(C)C(NC(=O)C(Cc1cnc[nH]1)NC(=O)C(CCCCN)NC(=O)C(N)CO)C(=O)O. The van der Waals surface area contributed by atoms with E-state index in [0.717, 1.165) is 0 Å². The number of hydrogen-bond acceptors (Lipinski definition) is 8. The summed E-state index contributed by atoms with van der Waals surface area (Å²) < 4.78 is 0. The van der Waals surface area contributed by atoms with Crippen LogP contribution in [0.25, 0.3) is 0 Å². The number of carbonyl (C=O) groups is 4. The molecule has 4 atom stereocenters. The molecule has 0 saturated heterocycles. The molecule has 0 spiro atoms. The summed E-state index contributed by atoms with van der Waals surface area (Å²) in [5.41, 5.74) is 11.6. The van der Waals surface area contributed by atoms with Crippen LogP contribution in [-0.2, 0) is 25.6 Å². The van der Waals surface area contributed by atoms with Crippen LogP contribution in [0, 0.1) is 5.92 Å². The predicted molar refractivity (Wildman–Crippen MR) is 119 cm³/mol. The first-order chi connectivity index (χ1) is 15.6. The average molecular weight is 470 g/mol. The lowest BCUT2D eigenvalue weighted by atomic mass is 10.0. The molecule has 0 radical (unpaired) electrons. The van der Waals surface area contributed by atoms with E-state index in [1.54, 1.807) is 13.8 Å². The number of imidazole rings is 1. The van der Waals surface area contributed by atoms with E-state index in [1.165, 1.54) is 12.5 Å². The van der Waals surface area contributed by atoms with Crippen LogP contribution in [0.3, 0.4) is 0 Å². The van der Waals surface area contributed by atoms with E-state index in [1.807, 2.05) is 0 Å². The third-order valence-corrected chi connectivity index (χ3v) is 4.96. The van der Waals surface area contributed by atoms with Gasteiger partial charge in [-0.05, 0) is 31.7 Å². The van der Waals surface area contributed by atoms with E-state index >= 15 is 0 Å². The minimum atomic E-state index is -1.21. The molecule has 1 aromatic rings. The molecule has 0 aliphatic carbocycles. The van der Waals surface area contributed by atoms with Gasteiger partial charge in [-0.3, -0.25) is 14.4 Å².